The molecule has 9 heteroatoms. The monoisotopic (exact) mass is 343 g/mol. The van der Waals surface area contributed by atoms with Crippen LogP contribution < -0.4 is 0 Å². The Labute approximate surface area is 142 Å². The highest BCUT2D eigenvalue weighted by Crippen LogP contribution is 2.18. The number of rotatable bonds is 4. The molecule has 0 saturated carbocycles. The van der Waals surface area contributed by atoms with Crippen molar-refractivity contribution in [1.82, 2.24) is 24.4 Å². The minimum Gasteiger partial charge on any atom is -0.465 e. The molecule has 1 fully saturated rings. The molecule has 4 heterocycles. The quantitative estimate of drug-likeness (QED) is 0.772. The van der Waals surface area contributed by atoms with Gasteiger partial charge in [0.25, 0.3) is 5.89 Å². The maximum absolute atomic E-state index is 10.9. The highest BCUT2D eigenvalue weighted by molar-refractivity contribution is 5.65. The Morgan fingerprint density at radius 1 is 1.40 bits per heavy atom. The number of carbonyl (C=O) groups is 1. The van der Waals surface area contributed by atoms with Gasteiger partial charge in [0.2, 0.25) is 0 Å². The first-order valence-corrected chi connectivity index (χ1v) is 8.04. The Balaban J connectivity index is 1.36. The lowest BCUT2D eigenvalue weighted by molar-refractivity contribution is -0.00294. The van der Waals surface area contributed by atoms with Gasteiger partial charge in [-0.05, 0) is 31.0 Å². The van der Waals surface area contributed by atoms with Crippen LogP contribution in [0.15, 0.2) is 35.2 Å². The smallest absolute Gasteiger partial charge is 0.407 e. The van der Waals surface area contributed by atoms with Gasteiger partial charge in [0.1, 0.15) is 12.3 Å². The maximum Gasteiger partial charge on any atom is 0.407 e. The molecule has 0 unspecified atom stereocenters. The lowest BCUT2D eigenvalue weighted by atomic mass is 10.1. The van der Waals surface area contributed by atoms with E-state index in [0.717, 1.165) is 5.52 Å². The molecule has 0 radical (unpaired) electrons. The Morgan fingerprint density at radius 2 is 2.24 bits per heavy atom. The Kier molecular flexibility index (Phi) is 4.06. The third-order valence-corrected chi connectivity index (χ3v) is 4.27. The number of nitrogens with zero attached hydrogens (tertiary/aromatic N) is 5. The van der Waals surface area contributed by atoms with Crippen molar-refractivity contribution in [1.29, 1.82) is 0 Å². The zero-order chi connectivity index (χ0) is 17.2. The molecular formula is C16H17N5O4. The molecule has 1 aliphatic rings. The fourth-order valence-corrected chi connectivity index (χ4v) is 2.88. The Hall–Kier alpha value is -2.94. The van der Waals surface area contributed by atoms with Crippen LogP contribution in [0.2, 0.25) is 0 Å². The van der Waals surface area contributed by atoms with E-state index in [0.29, 0.717) is 43.3 Å². The third kappa shape index (κ3) is 3.31. The molecule has 1 amide bonds. The summed E-state index contributed by atoms with van der Waals surface area (Å²) in [5.41, 5.74) is 1.60. The van der Waals surface area contributed by atoms with E-state index in [4.69, 9.17) is 14.4 Å². The molecule has 9 nitrogen and oxygen atoms in total. The summed E-state index contributed by atoms with van der Waals surface area (Å²) in [6.07, 6.45) is 4.07. The summed E-state index contributed by atoms with van der Waals surface area (Å²) in [4.78, 5) is 20.9. The first-order valence-electron chi connectivity index (χ1n) is 8.04. The maximum atomic E-state index is 10.9. The summed E-state index contributed by atoms with van der Waals surface area (Å²) < 4.78 is 12.9. The van der Waals surface area contributed by atoms with Gasteiger partial charge in [-0.25, -0.2) is 9.78 Å². The summed E-state index contributed by atoms with van der Waals surface area (Å²) in [6.45, 7) is 1.20. The van der Waals surface area contributed by atoms with Crippen LogP contribution in [0.5, 0.6) is 0 Å². The molecule has 3 aromatic rings. The predicted octanol–water partition coefficient (Wildman–Crippen LogP) is 2.04. The Bertz CT molecular complexity index is 881. The van der Waals surface area contributed by atoms with Crippen molar-refractivity contribution in [2.24, 2.45) is 0 Å². The van der Waals surface area contributed by atoms with E-state index in [9.17, 15) is 4.79 Å². The highest BCUT2D eigenvalue weighted by Gasteiger charge is 2.23. The number of aromatic nitrogens is 4. The van der Waals surface area contributed by atoms with Crippen LogP contribution in [0.3, 0.4) is 0 Å². The third-order valence-electron chi connectivity index (χ3n) is 4.27. The van der Waals surface area contributed by atoms with Crippen LogP contribution in [-0.4, -0.2) is 54.8 Å². The van der Waals surface area contributed by atoms with Crippen LogP contribution in [0.25, 0.3) is 17.1 Å². The summed E-state index contributed by atoms with van der Waals surface area (Å²) in [5.74, 6) is 0.802. The van der Waals surface area contributed by atoms with E-state index in [2.05, 4.69) is 15.1 Å². The molecule has 1 aliphatic heterocycles. The fraction of sp³-hybridized carbons (Fsp3) is 0.375. The summed E-state index contributed by atoms with van der Waals surface area (Å²) in [7, 11) is 0. The van der Waals surface area contributed by atoms with E-state index in [1.165, 1.54) is 4.90 Å². The first-order chi connectivity index (χ1) is 12.2. The molecule has 1 saturated heterocycles. The van der Waals surface area contributed by atoms with E-state index in [-0.39, 0.29) is 12.7 Å². The minimum atomic E-state index is -0.881. The SMILES string of the molecule is O=C(O)N1CCC(OCc2noc(-c3cc4cccn4cn3)n2)CC1. The van der Waals surface area contributed by atoms with Crippen molar-refractivity contribution in [3.05, 3.63) is 36.5 Å². The molecule has 3 aromatic heterocycles. The number of ether oxygens (including phenoxy) is 1. The number of fused-ring (bicyclic) bond motifs is 1. The van der Waals surface area contributed by atoms with Crippen LogP contribution in [0.4, 0.5) is 4.79 Å². The number of likely N-dealkylation sites (tertiary alicyclic amines) is 1. The van der Waals surface area contributed by atoms with Crippen LogP contribution >= 0.6 is 0 Å². The van der Waals surface area contributed by atoms with E-state index >= 15 is 0 Å². The molecule has 130 valence electrons. The first kappa shape index (κ1) is 15.6. The van der Waals surface area contributed by atoms with Gasteiger partial charge in [0.15, 0.2) is 5.82 Å². The lowest BCUT2D eigenvalue weighted by Gasteiger charge is -2.29. The highest BCUT2D eigenvalue weighted by atomic mass is 16.5. The van der Waals surface area contributed by atoms with Gasteiger partial charge in [0, 0.05) is 24.8 Å². The van der Waals surface area contributed by atoms with Crippen molar-refractivity contribution < 1.29 is 19.2 Å². The molecule has 0 aromatic carbocycles. The number of hydrogen-bond acceptors (Lipinski definition) is 6. The van der Waals surface area contributed by atoms with E-state index in [1.807, 2.05) is 28.8 Å². The molecule has 1 N–H and O–H groups in total. The Morgan fingerprint density at radius 3 is 3.04 bits per heavy atom. The van der Waals surface area contributed by atoms with E-state index < -0.39 is 6.09 Å². The molecule has 25 heavy (non-hydrogen) atoms. The average Bonchev–Trinajstić information content (AvgIpc) is 3.28. The summed E-state index contributed by atoms with van der Waals surface area (Å²) >= 11 is 0. The molecule has 0 atom stereocenters. The van der Waals surface area contributed by atoms with Crippen molar-refractivity contribution in [2.45, 2.75) is 25.6 Å². The zero-order valence-electron chi connectivity index (χ0n) is 13.4. The predicted molar refractivity (Wildman–Crippen MR) is 85.9 cm³/mol. The normalized spacial score (nSPS) is 15.8. The molecule has 4 rings (SSSR count). The second kappa shape index (κ2) is 6.52. The summed E-state index contributed by atoms with van der Waals surface area (Å²) in [5, 5.41) is 12.9. The van der Waals surface area contributed by atoms with Crippen molar-refractivity contribution in [3.8, 4) is 11.6 Å². The van der Waals surface area contributed by atoms with Gasteiger partial charge in [-0.15, -0.1) is 0 Å². The largest absolute Gasteiger partial charge is 0.465 e. The van der Waals surface area contributed by atoms with Gasteiger partial charge in [0.05, 0.1) is 12.4 Å². The number of piperidine rings is 1. The number of amides is 1. The van der Waals surface area contributed by atoms with Crippen LogP contribution in [0, 0.1) is 0 Å². The lowest BCUT2D eigenvalue weighted by Crippen LogP contribution is -2.40. The average molecular weight is 343 g/mol. The fourth-order valence-electron chi connectivity index (χ4n) is 2.88. The second-order valence-electron chi connectivity index (χ2n) is 5.91. The minimum absolute atomic E-state index is 0.00717. The molecular weight excluding hydrogens is 326 g/mol. The summed E-state index contributed by atoms with van der Waals surface area (Å²) in [6, 6.07) is 5.78. The van der Waals surface area contributed by atoms with Gasteiger partial charge in [-0.1, -0.05) is 5.16 Å². The van der Waals surface area contributed by atoms with Gasteiger partial charge in [-0.3, -0.25) is 0 Å². The van der Waals surface area contributed by atoms with Crippen LogP contribution in [0.1, 0.15) is 18.7 Å². The zero-order valence-corrected chi connectivity index (χ0v) is 13.4. The molecule has 0 spiro atoms. The van der Waals surface area contributed by atoms with Gasteiger partial charge < -0.3 is 23.7 Å². The topological polar surface area (TPSA) is 106 Å². The van der Waals surface area contributed by atoms with Crippen molar-refractivity contribution in [2.75, 3.05) is 13.1 Å². The van der Waals surface area contributed by atoms with Gasteiger partial charge in [-0.2, -0.15) is 4.98 Å². The molecule has 0 bridgehead atoms. The number of carboxylic acid groups (broad SMARTS) is 1. The van der Waals surface area contributed by atoms with Gasteiger partial charge >= 0.3 is 6.09 Å². The number of hydrogen-bond donors (Lipinski definition) is 1. The standard InChI is InChI=1S/C16H17N5O4/c22-16(23)20-6-3-12(4-7-20)24-9-14-18-15(25-19-14)13-8-11-2-1-5-21(11)10-17-13/h1-2,5,8,10,12H,3-4,6-7,9H2,(H,22,23). The van der Waals surface area contributed by atoms with Crippen LogP contribution in [-0.2, 0) is 11.3 Å². The second-order valence-corrected chi connectivity index (χ2v) is 5.91. The van der Waals surface area contributed by atoms with E-state index in [1.54, 1.807) is 6.33 Å². The van der Waals surface area contributed by atoms with Crippen molar-refractivity contribution in [3.63, 3.8) is 0 Å². The molecule has 0 aliphatic carbocycles. The van der Waals surface area contributed by atoms with Crippen molar-refractivity contribution >= 4 is 11.6 Å².